The van der Waals surface area contributed by atoms with Gasteiger partial charge < -0.3 is 10.3 Å². The monoisotopic (exact) mass is 312 g/mol. The molecule has 3 nitrogen and oxygen atoms in total. The van der Waals surface area contributed by atoms with E-state index in [-0.39, 0.29) is 5.91 Å². The molecule has 112 valence electrons. The summed E-state index contributed by atoms with van der Waals surface area (Å²) in [5.41, 5.74) is 5.69. The molecule has 2 N–H and O–H groups in total. The van der Waals surface area contributed by atoms with E-state index in [4.69, 9.17) is 11.6 Å². The molecule has 22 heavy (non-hydrogen) atoms. The summed E-state index contributed by atoms with van der Waals surface area (Å²) < 4.78 is 0. The Kier molecular flexibility index (Phi) is 3.67. The lowest BCUT2D eigenvalue weighted by atomic mass is 10.1. The number of hydrogen-bond acceptors (Lipinski definition) is 1. The number of fused-ring (bicyclic) bond motifs is 1. The van der Waals surface area contributed by atoms with Gasteiger partial charge in [-0.15, -0.1) is 0 Å². The van der Waals surface area contributed by atoms with Crippen LogP contribution in [0, 0.1) is 20.8 Å². The Morgan fingerprint density at radius 1 is 1.09 bits per heavy atom. The zero-order valence-corrected chi connectivity index (χ0v) is 13.5. The third-order valence-corrected chi connectivity index (χ3v) is 4.25. The van der Waals surface area contributed by atoms with Crippen LogP contribution >= 0.6 is 11.6 Å². The van der Waals surface area contributed by atoms with Gasteiger partial charge in [-0.2, -0.15) is 0 Å². The highest BCUT2D eigenvalue weighted by Gasteiger charge is 2.11. The minimum Gasteiger partial charge on any atom is -0.358 e. The van der Waals surface area contributed by atoms with Crippen molar-refractivity contribution in [1.82, 2.24) is 4.98 Å². The molecule has 0 saturated heterocycles. The maximum Gasteiger partial charge on any atom is 0.255 e. The number of nitrogens with one attached hydrogen (secondary N) is 2. The summed E-state index contributed by atoms with van der Waals surface area (Å²) in [6.45, 7) is 6.02. The lowest BCUT2D eigenvalue weighted by Gasteiger charge is -2.09. The van der Waals surface area contributed by atoms with E-state index in [0.717, 1.165) is 27.8 Å². The molecule has 1 amide bonds. The van der Waals surface area contributed by atoms with Crippen LogP contribution in [0.3, 0.4) is 0 Å². The lowest BCUT2D eigenvalue weighted by Crippen LogP contribution is -2.12. The van der Waals surface area contributed by atoms with Gasteiger partial charge in [0, 0.05) is 32.9 Å². The van der Waals surface area contributed by atoms with E-state index in [1.807, 2.05) is 44.2 Å². The molecular weight excluding hydrogens is 296 g/mol. The standard InChI is InChI=1S/C18H17ClN2O/c1-10-4-6-14(19)9-17(10)21-18(22)13-5-7-16-15(8-13)11(2)12(3)20-16/h4-9,20H,1-3H3,(H,21,22). The van der Waals surface area contributed by atoms with Gasteiger partial charge >= 0.3 is 0 Å². The number of aromatic nitrogens is 1. The molecule has 0 aliphatic rings. The fourth-order valence-electron chi connectivity index (χ4n) is 2.53. The number of aromatic amines is 1. The van der Waals surface area contributed by atoms with Gasteiger partial charge in [-0.1, -0.05) is 17.7 Å². The first kappa shape index (κ1) is 14.7. The van der Waals surface area contributed by atoms with E-state index in [0.29, 0.717) is 10.6 Å². The van der Waals surface area contributed by atoms with Crippen molar-refractivity contribution in [2.75, 3.05) is 5.32 Å². The van der Waals surface area contributed by atoms with Crippen LogP contribution in [0.4, 0.5) is 5.69 Å². The number of hydrogen-bond donors (Lipinski definition) is 2. The van der Waals surface area contributed by atoms with Crippen molar-refractivity contribution >= 4 is 34.1 Å². The summed E-state index contributed by atoms with van der Waals surface area (Å²) in [6.07, 6.45) is 0. The SMILES string of the molecule is Cc1ccc(Cl)cc1NC(=O)c1ccc2[nH]c(C)c(C)c2c1. The first-order chi connectivity index (χ1) is 10.5. The maximum absolute atomic E-state index is 12.5. The minimum absolute atomic E-state index is 0.134. The highest BCUT2D eigenvalue weighted by Crippen LogP contribution is 2.24. The molecule has 0 bridgehead atoms. The van der Waals surface area contributed by atoms with Crippen LogP contribution in [-0.2, 0) is 0 Å². The molecule has 0 aliphatic carbocycles. The number of benzene rings is 2. The number of anilines is 1. The van der Waals surface area contributed by atoms with Gasteiger partial charge in [-0.3, -0.25) is 4.79 Å². The number of carbonyl (C=O) groups excluding carboxylic acids is 1. The molecule has 1 aromatic heterocycles. The normalized spacial score (nSPS) is 10.9. The molecule has 3 rings (SSSR count). The van der Waals surface area contributed by atoms with Gasteiger partial charge in [0.2, 0.25) is 0 Å². The maximum atomic E-state index is 12.5. The molecule has 3 aromatic rings. The van der Waals surface area contributed by atoms with Crippen LogP contribution in [-0.4, -0.2) is 10.9 Å². The average Bonchev–Trinajstić information content (AvgIpc) is 2.77. The predicted octanol–water partition coefficient (Wildman–Crippen LogP) is 5.00. The highest BCUT2D eigenvalue weighted by molar-refractivity contribution is 6.31. The topological polar surface area (TPSA) is 44.9 Å². The molecule has 0 radical (unpaired) electrons. The van der Waals surface area contributed by atoms with Crippen molar-refractivity contribution in [1.29, 1.82) is 0 Å². The number of rotatable bonds is 2. The molecule has 4 heteroatoms. The van der Waals surface area contributed by atoms with Gasteiger partial charge in [0.1, 0.15) is 0 Å². The zero-order valence-electron chi connectivity index (χ0n) is 12.8. The Bertz CT molecular complexity index is 880. The first-order valence-corrected chi connectivity index (χ1v) is 7.50. The summed E-state index contributed by atoms with van der Waals surface area (Å²) in [5.74, 6) is -0.134. The molecule has 1 heterocycles. The van der Waals surface area contributed by atoms with Crippen LogP contribution < -0.4 is 5.32 Å². The minimum atomic E-state index is -0.134. The van der Waals surface area contributed by atoms with E-state index in [2.05, 4.69) is 17.2 Å². The van der Waals surface area contributed by atoms with Gasteiger partial charge in [-0.05, 0) is 62.2 Å². The van der Waals surface area contributed by atoms with Crippen molar-refractivity contribution in [2.24, 2.45) is 0 Å². The van der Waals surface area contributed by atoms with Gasteiger partial charge in [0.05, 0.1) is 0 Å². The third-order valence-electron chi connectivity index (χ3n) is 4.02. The number of aryl methyl sites for hydroxylation is 3. The van der Waals surface area contributed by atoms with E-state index >= 15 is 0 Å². The fourth-order valence-corrected chi connectivity index (χ4v) is 2.70. The summed E-state index contributed by atoms with van der Waals surface area (Å²) in [7, 11) is 0. The first-order valence-electron chi connectivity index (χ1n) is 7.12. The van der Waals surface area contributed by atoms with Crippen LogP contribution in [0.1, 0.15) is 27.2 Å². The average molecular weight is 313 g/mol. The Labute approximate surface area is 134 Å². The molecule has 0 unspecified atom stereocenters. The zero-order chi connectivity index (χ0) is 15.9. The predicted molar refractivity (Wildman–Crippen MR) is 91.9 cm³/mol. The second-order valence-corrected chi connectivity index (χ2v) is 5.99. The summed E-state index contributed by atoms with van der Waals surface area (Å²) in [4.78, 5) is 15.8. The quantitative estimate of drug-likeness (QED) is 0.687. The molecule has 0 aliphatic heterocycles. The van der Waals surface area contributed by atoms with E-state index in [1.165, 1.54) is 5.56 Å². The van der Waals surface area contributed by atoms with Crippen molar-refractivity contribution < 1.29 is 4.79 Å². The number of H-pyrrole nitrogens is 1. The van der Waals surface area contributed by atoms with Gasteiger partial charge in [0.25, 0.3) is 5.91 Å². The van der Waals surface area contributed by atoms with Crippen LogP contribution in [0.2, 0.25) is 5.02 Å². The number of amides is 1. The molecule has 0 spiro atoms. The van der Waals surface area contributed by atoms with E-state index in [1.54, 1.807) is 6.07 Å². The molecule has 2 aromatic carbocycles. The van der Waals surface area contributed by atoms with Crippen molar-refractivity contribution in [3.8, 4) is 0 Å². The van der Waals surface area contributed by atoms with Crippen LogP contribution in [0.5, 0.6) is 0 Å². The second-order valence-electron chi connectivity index (χ2n) is 5.55. The lowest BCUT2D eigenvalue weighted by molar-refractivity contribution is 0.102. The Morgan fingerprint density at radius 3 is 2.64 bits per heavy atom. The van der Waals surface area contributed by atoms with Crippen molar-refractivity contribution in [3.63, 3.8) is 0 Å². The number of halogens is 1. The summed E-state index contributed by atoms with van der Waals surface area (Å²) in [5, 5.41) is 4.61. The van der Waals surface area contributed by atoms with Gasteiger partial charge in [-0.25, -0.2) is 0 Å². The number of carbonyl (C=O) groups is 1. The smallest absolute Gasteiger partial charge is 0.255 e. The molecular formula is C18H17ClN2O. The highest BCUT2D eigenvalue weighted by atomic mass is 35.5. The van der Waals surface area contributed by atoms with Crippen molar-refractivity contribution in [3.05, 3.63) is 63.8 Å². The molecule has 0 atom stereocenters. The third kappa shape index (κ3) is 2.60. The Morgan fingerprint density at radius 2 is 1.86 bits per heavy atom. The van der Waals surface area contributed by atoms with Crippen LogP contribution in [0.25, 0.3) is 10.9 Å². The Balaban J connectivity index is 1.95. The summed E-state index contributed by atoms with van der Waals surface area (Å²) in [6, 6.07) is 11.1. The fraction of sp³-hybridized carbons (Fsp3) is 0.167. The Hall–Kier alpha value is -2.26. The molecule has 0 saturated carbocycles. The second kappa shape index (κ2) is 5.50. The van der Waals surface area contributed by atoms with Gasteiger partial charge in [0.15, 0.2) is 0 Å². The largest absolute Gasteiger partial charge is 0.358 e. The molecule has 0 fully saturated rings. The van der Waals surface area contributed by atoms with E-state index < -0.39 is 0 Å². The van der Waals surface area contributed by atoms with Crippen LogP contribution in [0.15, 0.2) is 36.4 Å². The van der Waals surface area contributed by atoms with Crippen molar-refractivity contribution in [2.45, 2.75) is 20.8 Å². The summed E-state index contributed by atoms with van der Waals surface area (Å²) >= 11 is 5.99. The van der Waals surface area contributed by atoms with E-state index in [9.17, 15) is 4.79 Å².